The van der Waals surface area contributed by atoms with Gasteiger partial charge in [-0.05, 0) is 70.9 Å². The van der Waals surface area contributed by atoms with E-state index in [0.29, 0.717) is 43.6 Å². The second-order valence-corrected chi connectivity index (χ2v) is 12.7. The van der Waals surface area contributed by atoms with Crippen LogP contribution in [0, 0.1) is 17.8 Å². The number of anilines is 1. The zero-order valence-electron chi connectivity index (χ0n) is 23.3. The molecule has 7 heteroatoms. The molecule has 0 bridgehead atoms. The smallest absolute Gasteiger partial charge is 0.268 e. The number of hydrogen-bond acceptors (Lipinski definition) is 5. The first-order valence-electron chi connectivity index (χ1n) is 14.5. The molecule has 2 unspecified atom stereocenters. The lowest BCUT2D eigenvalue weighted by Gasteiger charge is -2.36. The third-order valence-corrected chi connectivity index (χ3v) is 10.3. The lowest BCUT2D eigenvalue weighted by atomic mass is 9.71. The second-order valence-electron chi connectivity index (χ2n) is 11.8. The van der Waals surface area contributed by atoms with E-state index in [4.69, 9.17) is 0 Å². The van der Waals surface area contributed by atoms with Gasteiger partial charge in [-0.25, -0.2) is 0 Å². The number of hydrogen-bond donors (Lipinski definition) is 1. The molecule has 2 aromatic carbocycles. The summed E-state index contributed by atoms with van der Waals surface area (Å²) in [6.07, 6.45) is 2.37. The minimum atomic E-state index is -0.492. The van der Waals surface area contributed by atoms with E-state index in [1.54, 1.807) is 0 Å². The number of imide groups is 1. The maximum Gasteiger partial charge on any atom is 0.268 e. The Kier molecular flexibility index (Phi) is 7.36. The zero-order chi connectivity index (χ0) is 27.9. The maximum absolute atomic E-state index is 13.7. The van der Waals surface area contributed by atoms with Gasteiger partial charge in [0.1, 0.15) is 0 Å². The topological polar surface area (TPSA) is 69.7 Å². The number of nitrogens with one attached hydrogen (secondary N) is 1. The molecule has 1 N–H and O–H groups in total. The van der Waals surface area contributed by atoms with E-state index in [0.717, 1.165) is 42.2 Å². The van der Waals surface area contributed by atoms with Gasteiger partial charge in [-0.1, -0.05) is 56.3 Å². The molecule has 2 saturated heterocycles. The number of rotatable bonds is 9. The van der Waals surface area contributed by atoms with Gasteiger partial charge in [0.25, 0.3) is 5.91 Å². The van der Waals surface area contributed by atoms with Gasteiger partial charge in [0, 0.05) is 50.1 Å². The molecule has 0 radical (unpaired) electrons. The first-order chi connectivity index (χ1) is 19.4. The van der Waals surface area contributed by atoms with Crippen LogP contribution in [0.15, 0.2) is 66.0 Å². The normalized spacial score (nSPS) is 23.5. The monoisotopic (exact) mass is 555 g/mol. The molecule has 208 valence electrons. The van der Waals surface area contributed by atoms with Crippen molar-refractivity contribution in [3.63, 3.8) is 0 Å². The number of carbonyl (C=O) groups excluding carboxylic acids is 3. The minimum absolute atomic E-state index is 0.0398. The van der Waals surface area contributed by atoms with Crippen molar-refractivity contribution < 1.29 is 14.4 Å². The number of nitrogens with zero attached hydrogens (tertiary/aromatic N) is 2. The molecule has 6 rings (SSSR count). The molecular weight excluding hydrogens is 518 g/mol. The summed E-state index contributed by atoms with van der Waals surface area (Å²) in [5.41, 5.74) is 4.11. The second kappa shape index (κ2) is 10.9. The third kappa shape index (κ3) is 5.25. The molecule has 3 amide bonds. The fourth-order valence-electron chi connectivity index (χ4n) is 6.90. The molecule has 2 atom stereocenters. The quantitative estimate of drug-likeness (QED) is 0.358. The third-order valence-electron chi connectivity index (χ3n) is 9.40. The summed E-state index contributed by atoms with van der Waals surface area (Å²) in [6, 6.07) is 20.8. The van der Waals surface area contributed by atoms with Gasteiger partial charge in [-0.15, -0.1) is 11.3 Å². The average Bonchev–Trinajstić information content (AvgIpc) is 3.34. The molecule has 1 aliphatic carbocycles. The van der Waals surface area contributed by atoms with E-state index in [2.05, 4.69) is 41.4 Å². The molecule has 0 spiro atoms. The zero-order valence-corrected chi connectivity index (χ0v) is 24.1. The number of carbonyl (C=O) groups is 3. The van der Waals surface area contributed by atoms with Gasteiger partial charge in [0.05, 0.1) is 4.88 Å². The van der Waals surface area contributed by atoms with Crippen molar-refractivity contribution in [2.24, 2.45) is 17.8 Å². The van der Waals surface area contributed by atoms with Crippen molar-refractivity contribution >= 4 is 34.7 Å². The Bertz CT molecular complexity index is 1360. The Morgan fingerprint density at radius 2 is 1.60 bits per heavy atom. The molecule has 40 heavy (non-hydrogen) atoms. The standard InChI is InChI=1S/C33H37N3O3S/c1-3-22-7-9-23(10-8-22)18-35-19-26-27(20-35)28(26)21-36(32(39)29-6-5-15-40-29)25-13-11-24(12-14-25)33(4-2)16-30(37)34-31(38)17-33/h5-15,26-28H,3-4,16-21H2,1-2H3,(H,34,37,38). The molecule has 3 fully saturated rings. The molecule has 1 saturated carbocycles. The number of amides is 3. The Morgan fingerprint density at radius 3 is 2.17 bits per heavy atom. The maximum atomic E-state index is 13.7. The van der Waals surface area contributed by atoms with Crippen LogP contribution in [0.5, 0.6) is 0 Å². The SMILES string of the molecule is CCc1ccc(CN2CC3C(C2)C3CN(C(=O)c2cccs2)c2ccc(C3(CC)CC(=O)NC(=O)C3)cc2)cc1. The Balaban J connectivity index is 1.16. The van der Waals surface area contributed by atoms with E-state index in [1.807, 2.05) is 53.6 Å². The summed E-state index contributed by atoms with van der Waals surface area (Å²) in [5.74, 6) is 1.36. The van der Waals surface area contributed by atoms with Crippen LogP contribution in [0.25, 0.3) is 0 Å². The molecule has 6 nitrogen and oxygen atoms in total. The van der Waals surface area contributed by atoms with E-state index < -0.39 is 5.41 Å². The van der Waals surface area contributed by atoms with Crippen molar-refractivity contribution in [1.29, 1.82) is 0 Å². The van der Waals surface area contributed by atoms with Crippen molar-refractivity contribution in [3.05, 3.63) is 87.6 Å². The highest BCUT2D eigenvalue weighted by Crippen LogP contribution is 2.52. The van der Waals surface area contributed by atoms with Crippen LogP contribution in [0.2, 0.25) is 0 Å². The van der Waals surface area contributed by atoms with Gasteiger partial charge in [0.15, 0.2) is 0 Å². The number of thiophene rings is 1. The van der Waals surface area contributed by atoms with Gasteiger partial charge in [-0.2, -0.15) is 0 Å². The molecule has 1 aromatic heterocycles. The van der Waals surface area contributed by atoms with Gasteiger partial charge >= 0.3 is 0 Å². The van der Waals surface area contributed by atoms with Gasteiger partial charge in [-0.3, -0.25) is 24.6 Å². The van der Waals surface area contributed by atoms with Crippen LogP contribution < -0.4 is 10.2 Å². The lowest BCUT2D eigenvalue weighted by Crippen LogP contribution is -2.46. The summed E-state index contributed by atoms with van der Waals surface area (Å²) >= 11 is 1.47. The van der Waals surface area contributed by atoms with Crippen LogP contribution in [0.3, 0.4) is 0 Å². The fraction of sp³-hybridized carbons (Fsp3) is 0.424. The summed E-state index contributed by atoms with van der Waals surface area (Å²) in [6.45, 7) is 8.08. The van der Waals surface area contributed by atoms with Gasteiger partial charge in [0.2, 0.25) is 11.8 Å². The number of likely N-dealkylation sites (tertiary alicyclic amines) is 1. The van der Waals surface area contributed by atoms with Crippen molar-refractivity contribution in [1.82, 2.24) is 10.2 Å². The predicted octanol–water partition coefficient (Wildman–Crippen LogP) is 5.42. The van der Waals surface area contributed by atoms with Crippen LogP contribution in [-0.4, -0.2) is 42.3 Å². The first-order valence-corrected chi connectivity index (χ1v) is 15.4. The number of piperidine rings is 2. The summed E-state index contributed by atoms with van der Waals surface area (Å²) in [5, 5.41) is 4.38. The van der Waals surface area contributed by atoms with E-state index >= 15 is 0 Å². The summed E-state index contributed by atoms with van der Waals surface area (Å²) in [7, 11) is 0. The van der Waals surface area contributed by atoms with Gasteiger partial charge < -0.3 is 4.90 Å². The Morgan fingerprint density at radius 1 is 0.950 bits per heavy atom. The van der Waals surface area contributed by atoms with E-state index in [-0.39, 0.29) is 17.7 Å². The van der Waals surface area contributed by atoms with Crippen LogP contribution >= 0.6 is 11.3 Å². The van der Waals surface area contributed by atoms with Crippen molar-refractivity contribution in [2.75, 3.05) is 24.5 Å². The molecule has 3 heterocycles. The van der Waals surface area contributed by atoms with Crippen LogP contribution in [0.4, 0.5) is 5.69 Å². The Hall–Kier alpha value is -3.29. The highest BCUT2D eigenvalue weighted by molar-refractivity contribution is 7.12. The summed E-state index contributed by atoms with van der Waals surface area (Å²) in [4.78, 5) is 43.3. The average molecular weight is 556 g/mol. The highest BCUT2D eigenvalue weighted by atomic mass is 32.1. The highest BCUT2D eigenvalue weighted by Gasteiger charge is 2.56. The molecule has 2 aliphatic heterocycles. The number of aryl methyl sites for hydroxylation is 1. The van der Waals surface area contributed by atoms with Crippen molar-refractivity contribution in [3.8, 4) is 0 Å². The van der Waals surface area contributed by atoms with E-state index in [9.17, 15) is 14.4 Å². The van der Waals surface area contributed by atoms with E-state index in [1.165, 1.54) is 22.5 Å². The lowest BCUT2D eigenvalue weighted by molar-refractivity contribution is -0.135. The minimum Gasteiger partial charge on any atom is -0.307 e. The molecule has 3 aliphatic rings. The Labute approximate surface area is 240 Å². The fourth-order valence-corrected chi connectivity index (χ4v) is 7.57. The van der Waals surface area contributed by atoms with Crippen molar-refractivity contribution in [2.45, 2.75) is 51.5 Å². The number of fused-ring (bicyclic) bond motifs is 1. The largest absolute Gasteiger partial charge is 0.307 e. The molecule has 3 aromatic rings. The van der Waals surface area contributed by atoms with Crippen LogP contribution in [0.1, 0.15) is 59.5 Å². The van der Waals surface area contributed by atoms with Crippen LogP contribution in [-0.2, 0) is 28.0 Å². The molecular formula is C33H37N3O3S. The summed E-state index contributed by atoms with van der Waals surface area (Å²) < 4.78 is 0. The number of benzene rings is 2. The predicted molar refractivity (Wildman–Crippen MR) is 158 cm³/mol. The first kappa shape index (κ1) is 26.9.